The fraction of sp³-hybridized carbons (Fsp3) is 1.00. The first-order valence-electron chi connectivity index (χ1n) is 6.71. The molecule has 1 unspecified atom stereocenters. The molecule has 0 spiro atoms. The van der Waals surface area contributed by atoms with E-state index >= 15 is 0 Å². The second kappa shape index (κ2) is 4.06. The molecule has 2 heteroatoms. The van der Waals surface area contributed by atoms with Gasteiger partial charge in [-0.15, -0.1) is 0 Å². The fourth-order valence-electron chi connectivity index (χ4n) is 3.07. The quantitative estimate of drug-likeness (QED) is 0.751. The predicted molar refractivity (Wildman–Crippen MR) is 60.9 cm³/mol. The smallest absolute Gasteiger partial charge is 0.0581 e. The van der Waals surface area contributed by atoms with Crippen LogP contribution in [0.25, 0.3) is 0 Å². The van der Waals surface area contributed by atoms with Gasteiger partial charge >= 0.3 is 0 Å². The molecule has 1 aliphatic heterocycles. The van der Waals surface area contributed by atoms with Crippen LogP contribution in [-0.4, -0.2) is 25.3 Å². The molecule has 0 radical (unpaired) electrons. The average molecular weight is 209 g/mol. The van der Waals surface area contributed by atoms with E-state index in [0.717, 1.165) is 12.6 Å². The lowest BCUT2D eigenvalue weighted by atomic mass is 9.65. The van der Waals surface area contributed by atoms with Crippen molar-refractivity contribution in [3.05, 3.63) is 0 Å². The number of ether oxygens (including phenoxy) is 1. The molecule has 1 heterocycles. The third-order valence-electron chi connectivity index (χ3n) is 4.44. The van der Waals surface area contributed by atoms with Crippen molar-refractivity contribution in [3.8, 4) is 0 Å². The zero-order valence-electron chi connectivity index (χ0n) is 9.63. The van der Waals surface area contributed by atoms with Gasteiger partial charge < -0.3 is 10.1 Å². The second-order valence-corrected chi connectivity index (χ2v) is 5.85. The molecular weight excluding hydrogens is 186 g/mol. The Kier molecular flexibility index (Phi) is 2.73. The van der Waals surface area contributed by atoms with E-state index in [9.17, 15) is 0 Å². The lowest BCUT2D eigenvalue weighted by molar-refractivity contribution is 0.0217. The molecule has 1 saturated heterocycles. The number of nitrogens with one attached hydrogen (secondary N) is 1. The molecule has 3 fully saturated rings. The summed E-state index contributed by atoms with van der Waals surface area (Å²) in [5, 5.41) is 3.72. The summed E-state index contributed by atoms with van der Waals surface area (Å²) >= 11 is 0. The molecule has 1 N–H and O–H groups in total. The highest BCUT2D eigenvalue weighted by Crippen LogP contribution is 2.46. The fourth-order valence-corrected chi connectivity index (χ4v) is 3.07. The van der Waals surface area contributed by atoms with Crippen LogP contribution in [0, 0.1) is 5.41 Å². The minimum absolute atomic E-state index is 0.589. The minimum Gasteiger partial charge on any atom is -0.378 e. The standard InChI is InChI=1S/C13H23NO/c1-3-12(15-8-1)9-13(6-2-7-13)10-14-11-4-5-11/h11-12,14H,1-10H2. The minimum atomic E-state index is 0.589. The average Bonchev–Trinajstić information content (AvgIpc) is 2.87. The van der Waals surface area contributed by atoms with E-state index in [1.165, 1.54) is 57.9 Å². The maximum absolute atomic E-state index is 5.78. The molecule has 15 heavy (non-hydrogen) atoms. The predicted octanol–water partition coefficient (Wildman–Crippen LogP) is 2.48. The first-order valence-corrected chi connectivity index (χ1v) is 6.71. The Hall–Kier alpha value is -0.0800. The molecule has 86 valence electrons. The Morgan fingerprint density at radius 3 is 2.53 bits per heavy atom. The Balaban J connectivity index is 1.49. The van der Waals surface area contributed by atoms with Crippen LogP contribution in [0.5, 0.6) is 0 Å². The van der Waals surface area contributed by atoms with E-state index in [4.69, 9.17) is 4.74 Å². The van der Waals surface area contributed by atoms with Gasteiger partial charge in [-0.3, -0.25) is 0 Å². The van der Waals surface area contributed by atoms with Crippen LogP contribution < -0.4 is 5.32 Å². The Labute approximate surface area is 92.8 Å². The molecule has 0 amide bonds. The molecule has 0 aromatic rings. The zero-order valence-corrected chi connectivity index (χ0v) is 9.63. The van der Waals surface area contributed by atoms with Crippen LogP contribution in [0.2, 0.25) is 0 Å². The Bertz CT molecular complexity index is 215. The Morgan fingerprint density at radius 1 is 1.13 bits per heavy atom. The highest BCUT2D eigenvalue weighted by atomic mass is 16.5. The van der Waals surface area contributed by atoms with E-state index in [-0.39, 0.29) is 0 Å². The molecule has 0 aromatic heterocycles. The summed E-state index contributed by atoms with van der Waals surface area (Å²) in [7, 11) is 0. The van der Waals surface area contributed by atoms with Gasteiger partial charge in [0.15, 0.2) is 0 Å². The summed E-state index contributed by atoms with van der Waals surface area (Å²) in [5.74, 6) is 0. The number of hydrogen-bond donors (Lipinski definition) is 1. The van der Waals surface area contributed by atoms with Gasteiger partial charge in [0.25, 0.3) is 0 Å². The van der Waals surface area contributed by atoms with Crippen molar-refractivity contribution in [3.63, 3.8) is 0 Å². The first kappa shape index (κ1) is 10.1. The normalized spacial score (nSPS) is 34.0. The molecule has 2 aliphatic carbocycles. The highest BCUT2D eigenvalue weighted by molar-refractivity contribution is 4.94. The van der Waals surface area contributed by atoms with Crippen molar-refractivity contribution >= 4 is 0 Å². The molecule has 2 saturated carbocycles. The van der Waals surface area contributed by atoms with Crippen LogP contribution in [-0.2, 0) is 4.74 Å². The number of rotatable bonds is 5. The van der Waals surface area contributed by atoms with Crippen LogP contribution in [0.1, 0.15) is 51.4 Å². The van der Waals surface area contributed by atoms with Gasteiger partial charge in [-0.2, -0.15) is 0 Å². The molecule has 0 bridgehead atoms. The summed E-state index contributed by atoms with van der Waals surface area (Å²) in [6.45, 7) is 2.27. The van der Waals surface area contributed by atoms with E-state index < -0.39 is 0 Å². The van der Waals surface area contributed by atoms with Crippen molar-refractivity contribution in [2.45, 2.75) is 63.5 Å². The third-order valence-corrected chi connectivity index (χ3v) is 4.44. The van der Waals surface area contributed by atoms with Gasteiger partial charge in [-0.05, 0) is 50.4 Å². The maximum atomic E-state index is 5.78. The number of hydrogen-bond acceptors (Lipinski definition) is 2. The summed E-state index contributed by atoms with van der Waals surface area (Å²) in [6.07, 6.45) is 11.7. The van der Waals surface area contributed by atoms with E-state index in [0.29, 0.717) is 11.5 Å². The van der Waals surface area contributed by atoms with Crippen molar-refractivity contribution in [2.75, 3.05) is 13.2 Å². The van der Waals surface area contributed by atoms with Crippen LogP contribution in [0.3, 0.4) is 0 Å². The van der Waals surface area contributed by atoms with Crippen molar-refractivity contribution in [1.82, 2.24) is 5.32 Å². The van der Waals surface area contributed by atoms with Gasteiger partial charge in [-0.1, -0.05) is 6.42 Å². The summed E-state index contributed by atoms with van der Waals surface area (Å²) in [6, 6.07) is 0.868. The van der Waals surface area contributed by atoms with E-state index in [1.807, 2.05) is 0 Å². The lowest BCUT2D eigenvalue weighted by Crippen LogP contribution is -2.43. The largest absolute Gasteiger partial charge is 0.378 e. The van der Waals surface area contributed by atoms with E-state index in [2.05, 4.69) is 5.32 Å². The SMILES string of the molecule is C1COC(CC2(CNC3CC3)CCC2)C1. The maximum Gasteiger partial charge on any atom is 0.0581 e. The summed E-state index contributed by atoms with van der Waals surface area (Å²) in [5.41, 5.74) is 0.623. The first-order chi connectivity index (χ1) is 7.36. The lowest BCUT2D eigenvalue weighted by Gasteiger charge is -2.43. The van der Waals surface area contributed by atoms with Gasteiger partial charge in [0.1, 0.15) is 0 Å². The van der Waals surface area contributed by atoms with Crippen molar-refractivity contribution < 1.29 is 4.74 Å². The monoisotopic (exact) mass is 209 g/mol. The molecule has 3 aliphatic rings. The van der Waals surface area contributed by atoms with Crippen LogP contribution in [0.4, 0.5) is 0 Å². The van der Waals surface area contributed by atoms with Crippen LogP contribution in [0.15, 0.2) is 0 Å². The molecule has 0 aromatic carbocycles. The van der Waals surface area contributed by atoms with Gasteiger partial charge in [0.2, 0.25) is 0 Å². The Morgan fingerprint density at radius 2 is 2.00 bits per heavy atom. The van der Waals surface area contributed by atoms with Gasteiger partial charge in [-0.25, -0.2) is 0 Å². The topological polar surface area (TPSA) is 21.3 Å². The van der Waals surface area contributed by atoms with E-state index in [1.54, 1.807) is 0 Å². The second-order valence-electron chi connectivity index (χ2n) is 5.85. The molecular formula is C13H23NO. The highest BCUT2D eigenvalue weighted by Gasteiger charge is 2.40. The summed E-state index contributed by atoms with van der Waals surface area (Å²) < 4.78 is 5.78. The van der Waals surface area contributed by atoms with Crippen molar-refractivity contribution in [1.29, 1.82) is 0 Å². The molecule has 3 rings (SSSR count). The van der Waals surface area contributed by atoms with Gasteiger partial charge in [0, 0.05) is 19.2 Å². The zero-order chi connectivity index (χ0) is 10.1. The third kappa shape index (κ3) is 2.36. The van der Waals surface area contributed by atoms with Crippen LogP contribution >= 0.6 is 0 Å². The molecule has 1 atom stereocenters. The molecule has 2 nitrogen and oxygen atoms in total. The summed E-state index contributed by atoms with van der Waals surface area (Å²) in [4.78, 5) is 0. The van der Waals surface area contributed by atoms with Crippen molar-refractivity contribution in [2.24, 2.45) is 5.41 Å². The van der Waals surface area contributed by atoms with Gasteiger partial charge in [0.05, 0.1) is 6.10 Å².